The fraction of sp³-hybridized carbons (Fsp3) is 0.625. The Hall–Kier alpha value is -0.980. The molecule has 0 saturated carbocycles. The second kappa shape index (κ2) is 9.09. The predicted octanol–water partition coefficient (Wildman–Crippen LogP) is 5.07. The lowest BCUT2D eigenvalue weighted by atomic mass is 10.0. The van der Waals surface area contributed by atoms with E-state index in [0.29, 0.717) is 5.92 Å². The van der Waals surface area contributed by atoms with E-state index < -0.39 is 0 Å². The number of benzene rings is 1. The van der Waals surface area contributed by atoms with Crippen molar-refractivity contribution in [3.05, 3.63) is 29.8 Å². The molecule has 0 N–H and O–H groups in total. The van der Waals surface area contributed by atoms with Crippen molar-refractivity contribution in [1.82, 2.24) is 0 Å². The summed E-state index contributed by atoms with van der Waals surface area (Å²) >= 11 is 0. The van der Waals surface area contributed by atoms with Gasteiger partial charge in [0, 0.05) is 18.8 Å². The summed E-state index contributed by atoms with van der Waals surface area (Å²) < 4.78 is 0. The molecule has 1 rings (SSSR count). The minimum atomic E-state index is 0.625. The maximum atomic E-state index is 2.42. The van der Waals surface area contributed by atoms with Gasteiger partial charge in [-0.2, -0.15) is 0 Å². The Morgan fingerprint density at radius 1 is 1.00 bits per heavy atom. The first kappa shape index (κ1) is 16.0. The van der Waals surface area contributed by atoms with E-state index in [9.17, 15) is 0 Å². The summed E-state index contributed by atoms with van der Waals surface area (Å²) in [5.74, 6) is 0.625. The van der Waals surface area contributed by atoms with Gasteiger partial charge in [0.25, 0.3) is 0 Å². The molecule has 0 unspecified atom stereocenters. The molecule has 1 aromatic rings. The largest absolute Gasteiger partial charge is 0.372 e. The van der Waals surface area contributed by atoms with E-state index in [-0.39, 0.29) is 0 Å². The molecule has 0 fully saturated rings. The van der Waals surface area contributed by atoms with Gasteiger partial charge in [0.15, 0.2) is 0 Å². The Labute approximate surface area is 108 Å². The quantitative estimate of drug-likeness (QED) is 0.688. The van der Waals surface area contributed by atoms with Crippen molar-refractivity contribution in [3.8, 4) is 0 Å². The van der Waals surface area contributed by atoms with Crippen LogP contribution >= 0.6 is 0 Å². The van der Waals surface area contributed by atoms with Gasteiger partial charge in [-0.05, 0) is 37.0 Å². The lowest BCUT2D eigenvalue weighted by Crippen LogP contribution is -2.23. The molecule has 0 aromatic heterocycles. The van der Waals surface area contributed by atoms with Crippen LogP contribution in [-0.2, 0) is 0 Å². The van der Waals surface area contributed by atoms with Gasteiger partial charge >= 0.3 is 0 Å². The molecule has 0 radical (unpaired) electrons. The predicted molar refractivity (Wildman–Crippen MR) is 80.1 cm³/mol. The molecule has 0 amide bonds. The molecule has 0 saturated heterocycles. The molecule has 0 aliphatic rings. The van der Waals surface area contributed by atoms with Crippen molar-refractivity contribution >= 4 is 5.69 Å². The number of nitrogens with zero attached hydrogens (tertiary/aromatic N) is 1. The molecule has 0 bridgehead atoms. The van der Waals surface area contributed by atoms with Gasteiger partial charge < -0.3 is 4.90 Å². The third-order valence-electron chi connectivity index (χ3n) is 2.80. The van der Waals surface area contributed by atoms with Gasteiger partial charge in [0.2, 0.25) is 0 Å². The van der Waals surface area contributed by atoms with Crippen molar-refractivity contribution < 1.29 is 0 Å². The average molecular weight is 235 g/mol. The molecule has 17 heavy (non-hydrogen) atoms. The molecule has 0 aliphatic carbocycles. The van der Waals surface area contributed by atoms with Gasteiger partial charge in [-0.25, -0.2) is 0 Å². The van der Waals surface area contributed by atoms with Crippen LogP contribution in [0, 0.1) is 0 Å². The Morgan fingerprint density at radius 2 is 1.53 bits per heavy atom. The monoisotopic (exact) mass is 235 g/mol. The summed E-state index contributed by atoms with van der Waals surface area (Å²) in [4.78, 5) is 2.42. The summed E-state index contributed by atoms with van der Waals surface area (Å²) in [7, 11) is 0. The van der Waals surface area contributed by atoms with Crippen molar-refractivity contribution in [2.45, 2.75) is 53.9 Å². The normalized spacial score (nSPS) is 9.82. The van der Waals surface area contributed by atoms with Crippen LogP contribution in [0.2, 0.25) is 0 Å². The minimum Gasteiger partial charge on any atom is -0.372 e. The summed E-state index contributed by atoms with van der Waals surface area (Å²) in [6.45, 7) is 15.2. The zero-order chi connectivity index (χ0) is 13.3. The zero-order valence-corrected chi connectivity index (χ0v) is 12.5. The van der Waals surface area contributed by atoms with Crippen LogP contribution in [0.5, 0.6) is 0 Å². The highest BCUT2D eigenvalue weighted by atomic mass is 15.1. The SMILES string of the molecule is CC.CCCN(CC)c1ccc(C(C)C)cc1. The molecular formula is C16H29N. The average Bonchev–Trinajstić information content (AvgIpc) is 2.38. The van der Waals surface area contributed by atoms with E-state index in [2.05, 4.69) is 56.9 Å². The van der Waals surface area contributed by atoms with Crippen LogP contribution in [0.3, 0.4) is 0 Å². The number of hydrogen-bond donors (Lipinski definition) is 0. The van der Waals surface area contributed by atoms with Crippen molar-refractivity contribution in [1.29, 1.82) is 0 Å². The Kier molecular flexibility index (Phi) is 8.57. The van der Waals surface area contributed by atoms with Gasteiger partial charge in [-0.15, -0.1) is 0 Å². The van der Waals surface area contributed by atoms with Crippen LogP contribution in [-0.4, -0.2) is 13.1 Å². The summed E-state index contributed by atoms with van der Waals surface area (Å²) in [6.07, 6.45) is 1.21. The molecule has 0 spiro atoms. The summed E-state index contributed by atoms with van der Waals surface area (Å²) in [5, 5.41) is 0. The molecule has 0 heterocycles. The first-order valence-electron chi connectivity index (χ1n) is 7.04. The van der Waals surface area contributed by atoms with Crippen molar-refractivity contribution in [3.63, 3.8) is 0 Å². The van der Waals surface area contributed by atoms with Crippen LogP contribution in [0.4, 0.5) is 5.69 Å². The van der Waals surface area contributed by atoms with E-state index in [1.165, 1.54) is 17.7 Å². The molecule has 1 aromatic carbocycles. The Morgan fingerprint density at radius 3 is 1.88 bits per heavy atom. The highest BCUT2D eigenvalue weighted by Crippen LogP contribution is 2.20. The number of hydrogen-bond acceptors (Lipinski definition) is 1. The Balaban J connectivity index is 0.00000121. The van der Waals surface area contributed by atoms with Crippen LogP contribution in [0.25, 0.3) is 0 Å². The molecule has 1 heteroatoms. The van der Waals surface area contributed by atoms with Crippen molar-refractivity contribution in [2.75, 3.05) is 18.0 Å². The maximum absolute atomic E-state index is 2.42. The molecule has 0 atom stereocenters. The molecule has 1 nitrogen and oxygen atoms in total. The van der Waals surface area contributed by atoms with E-state index in [1.54, 1.807) is 0 Å². The van der Waals surface area contributed by atoms with E-state index >= 15 is 0 Å². The first-order chi connectivity index (χ1) is 8.19. The van der Waals surface area contributed by atoms with Crippen LogP contribution < -0.4 is 4.90 Å². The van der Waals surface area contributed by atoms with Crippen LogP contribution in [0.15, 0.2) is 24.3 Å². The smallest absolute Gasteiger partial charge is 0.0366 e. The fourth-order valence-corrected chi connectivity index (χ4v) is 1.81. The number of anilines is 1. The summed E-state index contributed by atoms with van der Waals surface area (Å²) in [5.41, 5.74) is 2.77. The fourth-order valence-electron chi connectivity index (χ4n) is 1.81. The molecule has 98 valence electrons. The van der Waals surface area contributed by atoms with Gasteiger partial charge in [0.1, 0.15) is 0 Å². The highest BCUT2D eigenvalue weighted by Gasteiger charge is 2.03. The van der Waals surface area contributed by atoms with E-state index in [0.717, 1.165) is 13.1 Å². The first-order valence-corrected chi connectivity index (χ1v) is 7.04. The topological polar surface area (TPSA) is 3.24 Å². The van der Waals surface area contributed by atoms with E-state index in [4.69, 9.17) is 0 Å². The summed E-state index contributed by atoms with van der Waals surface area (Å²) in [6, 6.07) is 8.99. The maximum Gasteiger partial charge on any atom is 0.0366 e. The van der Waals surface area contributed by atoms with Crippen molar-refractivity contribution in [2.24, 2.45) is 0 Å². The lowest BCUT2D eigenvalue weighted by molar-refractivity contribution is 0.790. The second-order valence-corrected chi connectivity index (χ2v) is 4.33. The lowest BCUT2D eigenvalue weighted by Gasteiger charge is -2.22. The van der Waals surface area contributed by atoms with Crippen LogP contribution in [0.1, 0.15) is 59.4 Å². The van der Waals surface area contributed by atoms with Gasteiger partial charge in [-0.3, -0.25) is 0 Å². The Bertz CT molecular complexity index is 274. The zero-order valence-electron chi connectivity index (χ0n) is 12.5. The number of rotatable bonds is 5. The molecular weight excluding hydrogens is 206 g/mol. The third-order valence-corrected chi connectivity index (χ3v) is 2.80. The third kappa shape index (κ3) is 5.25. The van der Waals surface area contributed by atoms with Gasteiger partial charge in [0.05, 0.1) is 0 Å². The highest BCUT2D eigenvalue weighted by molar-refractivity contribution is 5.47. The van der Waals surface area contributed by atoms with Gasteiger partial charge in [-0.1, -0.05) is 46.8 Å². The molecule has 0 aliphatic heterocycles. The van der Waals surface area contributed by atoms with E-state index in [1.807, 2.05) is 13.8 Å². The second-order valence-electron chi connectivity index (χ2n) is 4.33. The standard InChI is InChI=1S/C14H23N.C2H6/c1-5-11-15(6-2)14-9-7-13(8-10-14)12(3)4;1-2/h7-10,12H,5-6,11H2,1-4H3;1-2H3. The minimum absolute atomic E-state index is 0.625.